The summed E-state index contributed by atoms with van der Waals surface area (Å²) < 4.78 is 69.6. The van der Waals surface area contributed by atoms with Gasteiger partial charge in [-0.15, -0.1) is 0 Å². The van der Waals surface area contributed by atoms with Crippen LogP contribution < -0.4 is 4.90 Å². The first-order valence-corrected chi connectivity index (χ1v) is 10.8. The Kier molecular flexibility index (Phi) is 5.37. The van der Waals surface area contributed by atoms with Gasteiger partial charge < -0.3 is 10.0 Å². The highest BCUT2D eigenvalue weighted by Crippen LogP contribution is 2.41. The Morgan fingerprint density at radius 1 is 1.11 bits per heavy atom. The second-order valence-corrected chi connectivity index (χ2v) is 8.60. The predicted molar refractivity (Wildman–Crippen MR) is 119 cm³/mol. The summed E-state index contributed by atoms with van der Waals surface area (Å²) in [5.74, 6) is -4.95. The summed E-state index contributed by atoms with van der Waals surface area (Å²) in [7, 11) is 3.37. The Morgan fingerprint density at radius 3 is 2.54 bits per heavy atom. The average molecular weight is 489 g/mol. The lowest BCUT2D eigenvalue weighted by molar-refractivity contribution is -0.140. The number of halogens is 5. The Bertz CT molecular complexity index is 1450. The molecule has 1 aliphatic carbocycles. The van der Waals surface area contributed by atoms with Crippen LogP contribution in [-0.2, 0) is 26.1 Å². The molecular formula is C24H20F5N5O. The summed E-state index contributed by atoms with van der Waals surface area (Å²) in [6.45, 7) is 0. The summed E-state index contributed by atoms with van der Waals surface area (Å²) in [6.07, 6.45) is -1.17. The van der Waals surface area contributed by atoms with Crippen molar-refractivity contribution in [1.82, 2.24) is 19.7 Å². The Labute approximate surface area is 196 Å². The van der Waals surface area contributed by atoms with Gasteiger partial charge in [-0.3, -0.25) is 0 Å². The van der Waals surface area contributed by atoms with Crippen molar-refractivity contribution in [2.45, 2.75) is 31.5 Å². The van der Waals surface area contributed by atoms with Crippen molar-refractivity contribution in [2.24, 2.45) is 7.05 Å². The molecule has 0 aliphatic heterocycles. The molecule has 0 amide bonds. The molecule has 1 N–H and O–H groups in total. The molecule has 35 heavy (non-hydrogen) atoms. The number of aryl methyl sites for hydroxylation is 2. The normalized spacial score (nSPS) is 15.9. The number of rotatable bonds is 3. The van der Waals surface area contributed by atoms with Crippen molar-refractivity contribution in [3.63, 3.8) is 0 Å². The van der Waals surface area contributed by atoms with Crippen LogP contribution in [0, 0.1) is 11.6 Å². The molecule has 0 saturated heterocycles. The van der Waals surface area contributed by atoms with E-state index in [0.29, 0.717) is 12.0 Å². The van der Waals surface area contributed by atoms with Crippen molar-refractivity contribution in [2.75, 3.05) is 11.9 Å². The van der Waals surface area contributed by atoms with Gasteiger partial charge in [-0.2, -0.15) is 23.3 Å². The average Bonchev–Trinajstić information content (AvgIpc) is 3.16. The van der Waals surface area contributed by atoms with E-state index in [-0.39, 0.29) is 22.8 Å². The van der Waals surface area contributed by atoms with Gasteiger partial charge in [0.1, 0.15) is 5.69 Å². The molecule has 0 fully saturated rings. The number of hydrogen-bond donors (Lipinski definition) is 1. The van der Waals surface area contributed by atoms with Crippen LogP contribution in [-0.4, -0.2) is 37.9 Å². The second kappa shape index (κ2) is 8.17. The minimum Gasteiger partial charge on any atom is -0.503 e. The van der Waals surface area contributed by atoms with Crippen LogP contribution in [0.5, 0.6) is 5.75 Å². The molecule has 0 radical (unpaired) electrons. The standard InChI is InChI=1S/C24H20F5N5O/c1-33(14-8-7-12-5-3-4-6-13(12)9-14)23-30-11-16-20(32-34(2)22(16)31-23)15-10-17(24(27,28)29)19(26)21(35)18(15)25/h3-6,10-11,14,35H,7-9H2,1-2H3/t14-/m0/s1. The van der Waals surface area contributed by atoms with Gasteiger partial charge in [-0.25, -0.2) is 18.4 Å². The molecule has 2 aromatic heterocycles. The van der Waals surface area contributed by atoms with E-state index in [1.807, 2.05) is 24.1 Å². The molecule has 4 aromatic rings. The fourth-order valence-corrected chi connectivity index (χ4v) is 4.57. The Hall–Kier alpha value is -3.76. The number of nitrogens with zero attached hydrogens (tertiary/aromatic N) is 5. The molecular weight excluding hydrogens is 469 g/mol. The van der Waals surface area contributed by atoms with E-state index in [9.17, 15) is 27.1 Å². The van der Waals surface area contributed by atoms with Crippen LogP contribution >= 0.6 is 0 Å². The largest absolute Gasteiger partial charge is 0.503 e. The molecule has 1 aliphatic rings. The van der Waals surface area contributed by atoms with Gasteiger partial charge in [-0.05, 0) is 36.5 Å². The van der Waals surface area contributed by atoms with Crippen LogP contribution in [0.15, 0.2) is 36.5 Å². The smallest absolute Gasteiger partial charge is 0.419 e. The lowest BCUT2D eigenvalue weighted by Crippen LogP contribution is -2.37. The zero-order chi connectivity index (χ0) is 25.1. The number of alkyl halides is 3. The number of phenols is 1. The Morgan fingerprint density at radius 2 is 1.83 bits per heavy atom. The third-order valence-corrected chi connectivity index (χ3v) is 6.49. The number of likely N-dealkylation sites (N-methyl/N-ethyl adjacent to an activating group) is 1. The molecule has 6 nitrogen and oxygen atoms in total. The number of aromatic nitrogens is 4. The van der Waals surface area contributed by atoms with Crippen molar-refractivity contribution in [1.29, 1.82) is 0 Å². The summed E-state index contributed by atoms with van der Waals surface area (Å²) in [5.41, 5.74) is 0.0982. The molecule has 182 valence electrons. The van der Waals surface area contributed by atoms with E-state index in [1.165, 1.54) is 29.1 Å². The highest BCUT2D eigenvalue weighted by atomic mass is 19.4. The lowest BCUT2D eigenvalue weighted by Gasteiger charge is -2.32. The second-order valence-electron chi connectivity index (χ2n) is 8.60. The van der Waals surface area contributed by atoms with Crippen LogP contribution in [0.25, 0.3) is 22.3 Å². The van der Waals surface area contributed by atoms with Crippen LogP contribution in [0.1, 0.15) is 23.1 Å². The molecule has 0 saturated carbocycles. The number of benzene rings is 2. The maximum absolute atomic E-state index is 14.7. The zero-order valence-corrected chi connectivity index (χ0v) is 18.7. The van der Waals surface area contributed by atoms with Gasteiger partial charge in [0.2, 0.25) is 5.95 Å². The molecule has 2 aromatic carbocycles. The minimum absolute atomic E-state index is 0.135. The number of phenolic OH excluding ortho intramolecular Hbond substituents is 1. The Balaban J connectivity index is 1.55. The molecule has 0 spiro atoms. The first-order chi connectivity index (χ1) is 16.6. The number of aromatic hydroxyl groups is 1. The highest BCUT2D eigenvalue weighted by Gasteiger charge is 2.38. The quantitative estimate of drug-likeness (QED) is 0.409. The first kappa shape index (κ1) is 23.0. The number of fused-ring (bicyclic) bond motifs is 2. The van der Waals surface area contributed by atoms with Gasteiger partial charge >= 0.3 is 6.18 Å². The topological polar surface area (TPSA) is 67.1 Å². The van der Waals surface area contributed by atoms with Crippen LogP contribution in [0.3, 0.4) is 0 Å². The summed E-state index contributed by atoms with van der Waals surface area (Å²) in [5, 5.41) is 14.0. The van der Waals surface area contributed by atoms with E-state index in [4.69, 9.17) is 0 Å². The summed E-state index contributed by atoms with van der Waals surface area (Å²) >= 11 is 0. The SMILES string of the molecule is CN(c1ncc2c(-c3cc(C(F)(F)F)c(F)c(O)c3F)nn(C)c2n1)[C@H]1CCc2ccccc2C1. The van der Waals surface area contributed by atoms with Crippen molar-refractivity contribution < 1.29 is 27.1 Å². The molecule has 11 heteroatoms. The van der Waals surface area contributed by atoms with Gasteiger partial charge in [0.05, 0.1) is 10.9 Å². The lowest BCUT2D eigenvalue weighted by atomic mass is 9.88. The van der Waals surface area contributed by atoms with E-state index >= 15 is 0 Å². The monoisotopic (exact) mass is 489 g/mol. The minimum atomic E-state index is -5.14. The third kappa shape index (κ3) is 3.84. The summed E-state index contributed by atoms with van der Waals surface area (Å²) in [6, 6.07) is 8.65. The van der Waals surface area contributed by atoms with Crippen molar-refractivity contribution in [3.8, 4) is 17.0 Å². The molecule has 5 rings (SSSR count). The predicted octanol–water partition coefficient (Wildman–Crippen LogP) is 5.03. The number of hydrogen-bond acceptors (Lipinski definition) is 5. The first-order valence-electron chi connectivity index (χ1n) is 10.8. The van der Waals surface area contributed by atoms with Gasteiger partial charge in [-0.1, -0.05) is 24.3 Å². The zero-order valence-electron chi connectivity index (χ0n) is 18.7. The molecule has 0 unspecified atom stereocenters. The number of anilines is 1. The van der Waals surface area contributed by atoms with Crippen LogP contribution in [0.4, 0.5) is 27.9 Å². The molecule has 2 heterocycles. The summed E-state index contributed by atoms with van der Waals surface area (Å²) in [4.78, 5) is 10.8. The maximum atomic E-state index is 14.7. The van der Waals surface area contributed by atoms with Gasteiger partial charge in [0.25, 0.3) is 0 Å². The molecule has 1 atom stereocenters. The molecule has 0 bridgehead atoms. The van der Waals surface area contributed by atoms with Crippen molar-refractivity contribution in [3.05, 3.63) is 64.9 Å². The van der Waals surface area contributed by atoms with Crippen LogP contribution in [0.2, 0.25) is 0 Å². The van der Waals surface area contributed by atoms with Crippen molar-refractivity contribution >= 4 is 17.0 Å². The fourth-order valence-electron chi connectivity index (χ4n) is 4.57. The van der Waals surface area contributed by atoms with E-state index < -0.39 is 34.7 Å². The van der Waals surface area contributed by atoms with E-state index in [0.717, 1.165) is 19.3 Å². The fraction of sp³-hybridized carbons (Fsp3) is 0.292. The van der Waals surface area contributed by atoms with E-state index in [1.54, 1.807) is 0 Å². The van der Waals surface area contributed by atoms with E-state index in [2.05, 4.69) is 27.2 Å². The highest BCUT2D eigenvalue weighted by molar-refractivity contribution is 5.91. The third-order valence-electron chi connectivity index (χ3n) is 6.49. The maximum Gasteiger partial charge on any atom is 0.419 e. The van der Waals surface area contributed by atoms with Gasteiger partial charge in [0, 0.05) is 31.9 Å². The van der Waals surface area contributed by atoms with Gasteiger partial charge in [0.15, 0.2) is 23.0 Å².